The Bertz CT molecular complexity index is 1060. The number of nitrogens with one attached hydrogen (secondary N) is 3. The van der Waals surface area contributed by atoms with Crippen molar-refractivity contribution in [1.29, 1.82) is 4.78 Å². The Hall–Kier alpha value is -2.77. The summed E-state index contributed by atoms with van der Waals surface area (Å²) in [4.78, 5) is 0. The Balaban J connectivity index is 1.40. The minimum atomic E-state index is -2.80. The fourth-order valence-electron chi connectivity index (χ4n) is 3.52. The van der Waals surface area contributed by atoms with Crippen molar-refractivity contribution in [2.24, 2.45) is 5.16 Å². The maximum absolute atomic E-state index is 13.5. The smallest absolute Gasteiger partial charge is 0.202 e. The van der Waals surface area contributed by atoms with Gasteiger partial charge in [0, 0.05) is 25.9 Å². The first-order valence-electron chi connectivity index (χ1n) is 9.29. The zero-order chi connectivity index (χ0) is 21.3. The third-order valence-electron chi connectivity index (χ3n) is 5.12. The minimum Gasteiger partial charge on any atom is -0.409 e. The van der Waals surface area contributed by atoms with Crippen molar-refractivity contribution in [2.45, 2.75) is 18.6 Å². The molecule has 0 saturated carbocycles. The lowest BCUT2D eigenvalue weighted by Crippen LogP contribution is -2.47. The fraction of sp³-hybridized carbons (Fsp3) is 0.471. The van der Waals surface area contributed by atoms with Crippen LogP contribution in [0.15, 0.2) is 28.0 Å². The van der Waals surface area contributed by atoms with Crippen LogP contribution in [0.2, 0.25) is 0 Å². The van der Waals surface area contributed by atoms with E-state index in [1.54, 1.807) is 10.4 Å². The highest BCUT2D eigenvalue weighted by atomic mass is 32.2. The van der Waals surface area contributed by atoms with Crippen molar-refractivity contribution in [3.8, 4) is 0 Å². The zero-order valence-electron chi connectivity index (χ0n) is 16.2. The Morgan fingerprint density at radius 2 is 2.33 bits per heavy atom. The molecule has 4 N–H and O–H groups in total. The van der Waals surface area contributed by atoms with E-state index in [9.17, 15) is 13.8 Å². The van der Waals surface area contributed by atoms with E-state index in [4.69, 9.17) is 14.1 Å². The van der Waals surface area contributed by atoms with Crippen molar-refractivity contribution in [2.75, 3.05) is 37.8 Å². The first-order valence-corrected chi connectivity index (χ1v) is 11.2. The quantitative estimate of drug-likeness (QED) is 0.225. The highest BCUT2D eigenvalue weighted by molar-refractivity contribution is 7.89. The summed E-state index contributed by atoms with van der Waals surface area (Å²) in [6.07, 6.45) is 1.71. The first kappa shape index (κ1) is 20.5. The highest BCUT2D eigenvalue weighted by Gasteiger charge is 2.30. The summed E-state index contributed by atoms with van der Waals surface area (Å²) in [6.45, 7) is 1.42. The molecule has 2 aromatic rings. The molecular weight excluding hydrogens is 417 g/mol. The second kappa shape index (κ2) is 8.16. The topological polar surface area (TPSA) is 149 Å². The van der Waals surface area contributed by atoms with Gasteiger partial charge in [-0.05, 0) is 40.0 Å². The van der Waals surface area contributed by atoms with Crippen LogP contribution in [0.3, 0.4) is 0 Å². The molecule has 4 rings (SSSR count). The number of hydrogen-bond acceptors (Lipinski definition) is 9. The average Bonchev–Trinajstić information content (AvgIpc) is 3.17. The molecule has 1 aliphatic heterocycles. The number of hydrogen-bond donors (Lipinski definition) is 4. The van der Waals surface area contributed by atoms with Gasteiger partial charge < -0.3 is 20.6 Å². The molecular formula is C17H22FN7O4S. The molecule has 13 heteroatoms. The molecule has 162 valence electrons. The molecule has 11 nitrogen and oxygen atoms in total. The first-order chi connectivity index (χ1) is 14.3. The van der Waals surface area contributed by atoms with Crippen LogP contribution in [-0.4, -0.2) is 68.5 Å². The molecule has 1 fully saturated rings. The third-order valence-corrected chi connectivity index (χ3v) is 6.44. The molecule has 1 unspecified atom stereocenters. The number of halogens is 1. The number of rotatable bonds is 6. The van der Waals surface area contributed by atoms with Gasteiger partial charge in [-0.1, -0.05) is 11.2 Å². The molecule has 30 heavy (non-hydrogen) atoms. The Kier molecular flexibility index (Phi) is 5.58. The van der Waals surface area contributed by atoms with Crippen molar-refractivity contribution in [3.05, 3.63) is 40.8 Å². The lowest BCUT2D eigenvalue weighted by molar-refractivity contribution is 0.00787. The molecule has 1 aromatic heterocycles. The van der Waals surface area contributed by atoms with E-state index < -0.39 is 9.92 Å². The van der Waals surface area contributed by atoms with Gasteiger partial charge in [-0.25, -0.2) is 22.3 Å². The Morgan fingerprint density at radius 3 is 3.10 bits per heavy atom. The molecule has 0 amide bonds. The van der Waals surface area contributed by atoms with Gasteiger partial charge in [0.1, 0.15) is 15.7 Å². The summed E-state index contributed by atoms with van der Waals surface area (Å²) in [5, 5.41) is 26.3. The molecule has 1 saturated heterocycles. The van der Waals surface area contributed by atoms with E-state index in [-0.39, 0.29) is 35.3 Å². The van der Waals surface area contributed by atoms with Gasteiger partial charge in [-0.3, -0.25) is 0 Å². The van der Waals surface area contributed by atoms with Crippen LogP contribution in [0.5, 0.6) is 0 Å². The number of amidine groups is 1. The largest absolute Gasteiger partial charge is 0.409 e. The van der Waals surface area contributed by atoms with Crippen molar-refractivity contribution in [1.82, 2.24) is 19.9 Å². The average molecular weight is 439 g/mol. The predicted octanol–water partition coefficient (Wildman–Crippen LogP) is 0.936. The lowest BCUT2D eigenvalue weighted by atomic mass is 9.83. The summed E-state index contributed by atoms with van der Waals surface area (Å²) >= 11 is 0. The van der Waals surface area contributed by atoms with E-state index in [1.165, 1.54) is 18.4 Å². The molecule has 3 atom stereocenters. The van der Waals surface area contributed by atoms with Gasteiger partial charge in [0.05, 0.1) is 18.8 Å². The zero-order valence-corrected chi connectivity index (χ0v) is 17.0. The third kappa shape index (κ3) is 4.22. The Labute approximate surface area is 172 Å². The van der Waals surface area contributed by atoms with E-state index in [0.29, 0.717) is 32.7 Å². The van der Waals surface area contributed by atoms with Crippen LogP contribution in [-0.2, 0) is 21.1 Å². The maximum atomic E-state index is 13.5. The van der Waals surface area contributed by atoms with Crippen LogP contribution in [0.1, 0.15) is 22.9 Å². The van der Waals surface area contributed by atoms with Gasteiger partial charge >= 0.3 is 0 Å². The summed E-state index contributed by atoms with van der Waals surface area (Å²) in [5.74, 6) is -0.0658. The van der Waals surface area contributed by atoms with Gasteiger partial charge in [0.2, 0.25) is 5.82 Å². The minimum absolute atomic E-state index is 0.0348. The SMILES string of the molecule is CS(=N)(=O)N1CCO[C@@H](CNc2nonc2/C(=N\O)N[C@@H]2Cc3ccc(F)cc32)C1. The van der Waals surface area contributed by atoms with Crippen LogP contribution in [0.25, 0.3) is 0 Å². The number of benzene rings is 1. The van der Waals surface area contributed by atoms with E-state index in [1.807, 2.05) is 0 Å². The highest BCUT2D eigenvalue weighted by Crippen LogP contribution is 2.33. The number of ether oxygens (including phenoxy) is 1. The van der Waals surface area contributed by atoms with Crippen LogP contribution >= 0.6 is 0 Å². The van der Waals surface area contributed by atoms with Gasteiger partial charge in [0.15, 0.2) is 11.5 Å². The number of anilines is 1. The molecule has 2 aliphatic rings. The normalized spacial score (nSPS) is 23.9. The van der Waals surface area contributed by atoms with E-state index >= 15 is 0 Å². The summed E-state index contributed by atoms with van der Waals surface area (Å²) < 4.78 is 45.2. The number of morpholine rings is 1. The number of aromatic nitrogens is 2. The van der Waals surface area contributed by atoms with E-state index in [0.717, 1.165) is 11.1 Å². The summed E-state index contributed by atoms with van der Waals surface area (Å²) in [5.41, 5.74) is 1.97. The standard InChI is InChI=1S/C17H22FN7O4S/c1-30(19,27)25-4-5-28-12(9-25)8-20-16-15(23-29-24-16)17(22-26)21-14-6-10-2-3-11(18)7-13(10)14/h2-3,7,12,14,19,26H,4-6,8-9H2,1H3,(H,20,24)(H,21,22)/t12-,14+,30?/m0/s1. The summed E-state index contributed by atoms with van der Waals surface area (Å²) in [6, 6.07) is 4.35. The molecule has 0 spiro atoms. The predicted molar refractivity (Wildman–Crippen MR) is 105 cm³/mol. The summed E-state index contributed by atoms with van der Waals surface area (Å²) in [7, 11) is -2.80. The van der Waals surface area contributed by atoms with Crippen LogP contribution < -0.4 is 10.6 Å². The molecule has 1 aromatic carbocycles. The molecule has 0 radical (unpaired) electrons. The van der Waals surface area contributed by atoms with Crippen LogP contribution in [0, 0.1) is 10.6 Å². The fourth-order valence-corrected chi connectivity index (χ4v) is 4.39. The van der Waals surface area contributed by atoms with Gasteiger partial charge in [-0.15, -0.1) is 0 Å². The number of fused-ring (bicyclic) bond motifs is 1. The Morgan fingerprint density at radius 1 is 1.50 bits per heavy atom. The van der Waals surface area contributed by atoms with E-state index in [2.05, 4.69) is 26.1 Å². The second-order valence-electron chi connectivity index (χ2n) is 7.22. The number of nitrogens with zero attached hydrogens (tertiary/aromatic N) is 4. The second-order valence-corrected chi connectivity index (χ2v) is 9.34. The molecule has 0 bridgehead atoms. The van der Waals surface area contributed by atoms with Crippen molar-refractivity contribution < 1.29 is 23.2 Å². The van der Waals surface area contributed by atoms with Crippen LogP contribution in [0.4, 0.5) is 10.2 Å². The number of oxime groups is 1. The van der Waals surface area contributed by atoms with Crippen molar-refractivity contribution in [3.63, 3.8) is 0 Å². The lowest BCUT2D eigenvalue weighted by Gasteiger charge is -2.32. The van der Waals surface area contributed by atoms with Gasteiger partial charge in [0.25, 0.3) is 0 Å². The van der Waals surface area contributed by atoms with Gasteiger partial charge in [-0.2, -0.15) is 0 Å². The maximum Gasteiger partial charge on any atom is 0.202 e. The molecule has 2 heterocycles. The monoisotopic (exact) mass is 439 g/mol. The van der Waals surface area contributed by atoms with Crippen molar-refractivity contribution >= 4 is 21.6 Å². The molecule has 1 aliphatic carbocycles.